The van der Waals surface area contributed by atoms with Gasteiger partial charge in [-0.25, -0.2) is 15.0 Å². The van der Waals surface area contributed by atoms with Crippen molar-refractivity contribution in [2.45, 2.75) is 26.4 Å². The molecule has 4 aromatic rings. The number of aromatic nitrogens is 3. The van der Waals surface area contributed by atoms with E-state index in [-0.39, 0.29) is 0 Å². The van der Waals surface area contributed by atoms with E-state index in [0.29, 0.717) is 6.54 Å². The number of benzene rings is 2. The van der Waals surface area contributed by atoms with Crippen molar-refractivity contribution in [1.82, 2.24) is 15.0 Å². The lowest BCUT2D eigenvalue weighted by Gasteiger charge is -2.32. The third-order valence-corrected chi connectivity index (χ3v) is 5.38. The minimum Gasteiger partial charge on any atom is -0.443 e. The lowest BCUT2D eigenvalue weighted by molar-refractivity contribution is 0.602. The van der Waals surface area contributed by atoms with E-state index < -0.39 is 0 Å². The number of nitrogen functional groups attached to an aromatic ring is 1. The zero-order valence-corrected chi connectivity index (χ0v) is 16.2. The van der Waals surface area contributed by atoms with Crippen LogP contribution in [0.2, 0.25) is 0 Å². The van der Waals surface area contributed by atoms with Crippen LogP contribution in [0.1, 0.15) is 22.4 Å². The molecular weight excluding hydrogens is 364 g/mol. The zero-order chi connectivity index (χ0) is 19.8. The Morgan fingerprint density at radius 2 is 2.07 bits per heavy atom. The summed E-state index contributed by atoms with van der Waals surface area (Å²) >= 11 is 0. The first kappa shape index (κ1) is 17.5. The van der Waals surface area contributed by atoms with Crippen molar-refractivity contribution >= 4 is 28.3 Å². The van der Waals surface area contributed by atoms with Crippen LogP contribution in [-0.4, -0.2) is 21.5 Å². The van der Waals surface area contributed by atoms with E-state index >= 15 is 0 Å². The highest BCUT2D eigenvalue weighted by Gasteiger charge is 2.22. The maximum atomic E-state index is 6.28. The fraction of sp³-hybridized carbons (Fsp3) is 0.227. The summed E-state index contributed by atoms with van der Waals surface area (Å²) in [6.45, 7) is 4.32. The van der Waals surface area contributed by atoms with Crippen LogP contribution >= 0.6 is 0 Å². The van der Waals surface area contributed by atoms with Crippen molar-refractivity contribution in [1.29, 1.82) is 0 Å². The van der Waals surface area contributed by atoms with E-state index in [1.165, 1.54) is 12.0 Å². The largest absolute Gasteiger partial charge is 0.443 e. The van der Waals surface area contributed by atoms with Crippen LogP contribution in [0.15, 0.2) is 53.5 Å². The van der Waals surface area contributed by atoms with Gasteiger partial charge in [0, 0.05) is 31.6 Å². The summed E-state index contributed by atoms with van der Waals surface area (Å²) in [5, 5.41) is 3.47. The Balaban J connectivity index is 1.38. The first-order valence-corrected chi connectivity index (χ1v) is 9.67. The molecular formula is C22H22N6O. The maximum absolute atomic E-state index is 6.28. The van der Waals surface area contributed by atoms with Crippen LogP contribution in [0, 0.1) is 6.92 Å². The normalized spacial score (nSPS) is 13.5. The van der Waals surface area contributed by atoms with Crippen LogP contribution in [0.4, 0.5) is 17.2 Å². The van der Waals surface area contributed by atoms with Crippen molar-refractivity contribution in [3.63, 3.8) is 0 Å². The molecule has 0 spiro atoms. The standard InChI is InChI=1S/C22H22N6O/c1-14-2-4-20(17(23)8-14)28-7-6-18-16(11-28)22(26-12-25-18)24-10-15-3-5-21-19(9-15)27-13-29-21/h2-5,8-9,12-13H,6-7,10-11,23H2,1H3,(H,24,25,26). The Labute approximate surface area is 168 Å². The molecule has 3 N–H and O–H groups in total. The number of fused-ring (bicyclic) bond motifs is 2. The third kappa shape index (κ3) is 3.35. The number of nitrogens with zero attached hydrogens (tertiary/aromatic N) is 4. The van der Waals surface area contributed by atoms with Crippen molar-refractivity contribution in [2.75, 3.05) is 22.5 Å². The quantitative estimate of drug-likeness (QED) is 0.517. The number of oxazole rings is 1. The van der Waals surface area contributed by atoms with Gasteiger partial charge in [-0.2, -0.15) is 0 Å². The average Bonchev–Trinajstić information content (AvgIpc) is 3.20. The van der Waals surface area contributed by atoms with Crippen LogP contribution in [0.25, 0.3) is 11.1 Å². The topological polar surface area (TPSA) is 93.1 Å². The van der Waals surface area contributed by atoms with Crippen molar-refractivity contribution in [3.8, 4) is 0 Å². The van der Waals surface area contributed by atoms with E-state index in [0.717, 1.165) is 64.6 Å². The van der Waals surface area contributed by atoms with Gasteiger partial charge in [0.15, 0.2) is 12.0 Å². The fourth-order valence-electron chi connectivity index (χ4n) is 3.86. The summed E-state index contributed by atoms with van der Waals surface area (Å²) in [5.41, 5.74) is 14.3. The molecule has 5 rings (SSSR count). The lowest BCUT2D eigenvalue weighted by atomic mass is 10.0. The van der Waals surface area contributed by atoms with Gasteiger partial charge in [-0.1, -0.05) is 12.1 Å². The predicted octanol–water partition coefficient (Wildman–Crippen LogP) is 3.68. The van der Waals surface area contributed by atoms with Crippen LogP contribution in [-0.2, 0) is 19.5 Å². The number of aryl methyl sites for hydroxylation is 1. The highest BCUT2D eigenvalue weighted by atomic mass is 16.3. The van der Waals surface area contributed by atoms with Gasteiger partial charge in [-0.05, 0) is 42.3 Å². The number of nitrogens with two attached hydrogens (primary N) is 1. The minimum absolute atomic E-state index is 0.652. The fourth-order valence-corrected chi connectivity index (χ4v) is 3.86. The SMILES string of the molecule is Cc1ccc(N2CCc3ncnc(NCc4ccc5ocnc5c4)c3C2)c(N)c1. The molecule has 0 amide bonds. The molecule has 146 valence electrons. The summed E-state index contributed by atoms with van der Waals surface area (Å²) in [4.78, 5) is 15.5. The first-order chi connectivity index (χ1) is 14.2. The summed E-state index contributed by atoms with van der Waals surface area (Å²) in [6.07, 6.45) is 3.97. The van der Waals surface area contributed by atoms with Gasteiger partial charge < -0.3 is 20.4 Å². The molecule has 2 aromatic carbocycles. The third-order valence-electron chi connectivity index (χ3n) is 5.38. The molecule has 0 unspecified atom stereocenters. The molecule has 1 aliphatic heterocycles. The van der Waals surface area contributed by atoms with E-state index in [2.05, 4.69) is 44.2 Å². The highest BCUT2D eigenvalue weighted by molar-refractivity contribution is 5.73. The number of nitrogens with one attached hydrogen (secondary N) is 1. The molecule has 0 radical (unpaired) electrons. The Kier molecular flexibility index (Phi) is 4.27. The zero-order valence-electron chi connectivity index (χ0n) is 16.2. The number of hydrogen-bond donors (Lipinski definition) is 2. The van der Waals surface area contributed by atoms with Crippen LogP contribution < -0.4 is 16.0 Å². The second-order valence-corrected chi connectivity index (χ2v) is 7.39. The average molecular weight is 386 g/mol. The highest BCUT2D eigenvalue weighted by Crippen LogP contribution is 2.31. The first-order valence-electron chi connectivity index (χ1n) is 9.67. The number of rotatable bonds is 4. The van der Waals surface area contributed by atoms with Gasteiger partial charge in [0.25, 0.3) is 0 Å². The van der Waals surface area contributed by atoms with E-state index in [4.69, 9.17) is 10.2 Å². The van der Waals surface area contributed by atoms with Gasteiger partial charge >= 0.3 is 0 Å². The Bertz CT molecular complexity index is 1190. The monoisotopic (exact) mass is 386 g/mol. The molecule has 3 heterocycles. The lowest BCUT2D eigenvalue weighted by Crippen LogP contribution is -2.32. The van der Waals surface area contributed by atoms with Gasteiger partial charge in [0.2, 0.25) is 0 Å². The minimum atomic E-state index is 0.652. The van der Waals surface area contributed by atoms with Gasteiger partial charge in [-0.3, -0.25) is 0 Å². The van der Waals surface area contributed by atoms with E-state index in [1.807, 2.05) is 24.3 Å². The van der Waals surface area contributed by atoms with Gasteiger partial charge in [0.05, 0.1) is 17.1 Å². The van der Waals surface area contributed by atoms with Crippen molar-refractivity contribution in [3.05, 3.63) is 71.5 Å². The van der Waals surface area contributed by atoms with Crippen LogP contribution in [0.5, 0.6) is 0 Å². The Morgan fingerprint density at radius 1 is 1.14 bits per heavy atom. The molecule has 1 aliphatic rings. The second kappa shape index (κ2) is 7.09. The summed E-state index contributed by atoms with van der Waals surface area (Å²) in [6, 6.07) is 12.2. The number of hydrogen-bond acceptors (Lipinski definition) is 7. The molecule has 0 saturated carbocycles. The molecule has 0 atom stereocenters. The summed E-state index contributed by atoms with van der Waals surface area (Å²) < 4.78 is 5.31. The summed E-state index contributed by atoms with van der Waals surface area (Å²) in [5.74, 6) is 0.866. The maximum Gasteiger partial charge on any atom is 0.181 e. The van der Waals surface area contributed by atoms with E-state index in [1.54, 1.807) is 6.33 Å². The molecule has 7 nitrogen and oxygen atoms in total. The molecule has 0 saturated heterocycles. The van der Waals surface area contributed by atoms with Crippen molar-refractivity contribution < 1.29 is 4.42 Å². The Hall–Kier alpha value is -3.61. The molecule has 2 aromatic heterocycles. The van der Waals surface area contributed by atoms with Crippen molar-refractivity contribution in [2.24, 2.45) is 0 Å². The predicted molar refractivity (Wildman–Crippen MR) is 114 cm³/mol. The smallest absolute Gasteiger partial charge is 0.181 e. The Morgan fingerprint density at radius 3 is 2.97 bits per heavy atom. The van der Waals surface area contributed by atoms with Gasteiger partial charge in [0.1, 0.15) is 17.7 Å². The van der Waals surface area contributed by atoms with E-state index in [9.17, 15) is 0 Å². The summed E-state index contributed by atoms with van der Waals surface area (Å²) in [7, 11) is 0. The second-order valence-electron chi connectivity index (χ2n) is 7.39. The number of anilines is 3. The molecule has 29 heavy (non-hydrogen) atoms. The molecule has 7 heteroatoms. The molecule has 0 aliphatic carbocycles. The van der Waals surface area contributed by atoms with Gasteiger partial charge in [-0.15, -0.1) is 0 Å². The molecule has 0 bridgehead atoms. The molecule has 0 fully saturated rings. The van der Waals surface area contributed by atoms with Crippen LogP contribution in [0.3, 0.4) is 0 Å².